The van der Waals surface area contributed by atoms with Crippen LogP contribution in [-0.2, 0) is 0 Å². The van der Waals surface area contributed by atoms with E-state index in [1.807, 2.05) is 0 Å². The molecule has 1 fully saturated rings. The summed E-state index contributed by atoms with van der Waals surface area (Å²) in [5, 5.41) is 0. The Morgan fingerprint density at radius 3 is 2.08 bits per heavy atom. The molecular weight excluding hydrogens is 231 g/mol. The highest BCUT2D eigenvalue weighted by atomic mass is 35.8. The fraction of sp³-hybridized carbons (Fsp3) is 1.00. The minimum atomic E-state index is -2.32. The van der Waals surface area contributed by atoms with Crippen LogP contribution in [-0.4, -0.2) is 6.00 Å². The highest BCUT2D eigenvalue weighted by molar-refractivity contribution is 7.64. The summed E-state index contributed by atoms with van der Waals surface area (Å²) in [5.41, 5.74) is 0. The van der Waals surface area contributed by atoms with E-state index in [1.165, 1.54) is 32.1 Å². The maximum Gasteiger partial charge on any atom is 0.341 e. The van der Waals surface area contributed by atoms with Gasteiger partial charge in [0.2, 0.25) is 0 Å². The average molecular weight is 246 g/mol. The highest BCUT2D eigenvalue weighted by Crippen LogP contribution is 2.33. The Hall–Kier alpha value is 1.09. The molecule has 1 aliphatic rings. The van der Waals surface area contributed by atoms with Crippen molar-refractivity contribution >= 4 is 39.2 Å². The van der Waals surface area contributed by atoms with Gasteiger partial charge in [-0.25, -0.2) is 0 Å². The topological polar surface area (TPSA) is 0 Å². The quantitative estimate of drug-likeness (QED) is 0.503. The van der Waals surface area contributed by atoms with Crippen molar-refractivity contribution in [2.75, 3.05) is 0 Å². The third kappa shape index (κ3) is 4.96. The molecule has 0 atom stereocenters. The maximum atomic E-state index is 5.82. The second-order valence-electron chi connectivity index (χ2n) is 3.66. The van der Waals surface area contributed by atoms with Crippen molar-refractivity contribution in [2.45, 2.75) is 44.6 Å². The molecule has 0 spiro atoms. The molecule has 1 aliphatic carbocycles. The van der Waals surface area contributed by atoms with Gasteiger partial charge in [0.25, 0.3) is 0 Å². The zero-order chi connectivity index (χ0) is 9.03. The zero-order valence-corrected chi connectivity index (χ0v) is 10.4. The molecule has 0 saturated heterocycles. The van der Waals surface area contributed by atoms with E-state index < -0.39 is 6.00 Å². The lowest BCUT2D eigenvalue weighted by Gasteiger charge is -2.22. The van der Waals surface area contributed by atoms with Gasteiger partial charge in [0.15, 0.2) is 0 Å². The molecule has 72 valence electrons. The Balaban J connectivity index is 2.13. The Bertz CT molecular complexity index is 127. The van der Waals surface area contributed by atoms with Crippen LogP contribution in [0.1, 0.15) is 38.5 Å². The van der Waals surface area contributed by atoms with Gasteiger partial charge in [-0.15, -0.1) is 33.2 Å². The van der Waals surface area contributed by atoms with E-state index in [1.54, 1.807) is 0 Å². The lowest BCUT2D eigenvalue weighted by Crippen LogP contribution is -2.13. The predicted octanol–water partition coefficient (Wildman–Crippen LogP) is 4.61. The molecule has 0 aliphatic heterocycles. The van der Waals surface area contributed by atoms with Crippen LogP contribution < -0.4 is 0 Å². The van der Waals surface area contributed by atoms with Gasteiger partial charge in [-0.3, -0.25) is 0 Å². The van der Waals surface area contributed by atoms with Crippen molar-refractivity contribution in [1.29, 1.82) is 0 Å². The molecule has 12 heavy (non-hydrogen) atoms. The fourth-order valence-electron chi connectivity index (χ4n) is 1.84. The average Bonchev–Trinajstić information content (AvgIpc) is 2.02. The SMILES string of the molecule is Cl[Si](Cl)(Cl)CCC1CCCCC1. The van der Waals surface area contributed by atoms with Crippen molar-refractivity contribution in [3.8, 4) is 0 Å². The van der Waals surface area contributed by atoms with Gasteiger partial charge >= 0.3 is 6.00 Å². The molecule has 1 rings (SSSR count). The Labute approximate surface area is 89.7 Å². The Morgan fingerprint density at radius 1 is 1.00 bits per heavy atom. The third-order valence-electron chi connectivity index (χ3n) is 2.56. The summed E-state index contributed by atoms with van der Waals surface area (Å²) < 4.78 is 0. The minimum absolute atomic E-state index is 0.849. The molecule has 1 saturated carbocycles. The number of rotatable bonds is 3. The molecule has 0 heterocycles. The van der Waals surface area contributed by atoms with Crippen LogP contribution in [0.2, 0.25) is 6.04 Å². The Kier molecular flexibility index (Phi) is 4.73. The van der Waals surface area contributed by atoms with Crippen LogP contribution in [0.25, 0.3) is 0 Å². The standard InChI is InChI=1S/C8H15Cl3Si/c9-12(10,11)7-6-8-4-2-1-3-5-8/h8H,1-7H2. The van der Waals surface area contributed by atoms with Crippen molar-refractivity contribution in [2.24, 2.45) is 5.92 Å². The largest absolute Gasteiger partial charge is 0.341 e. The van der Waals surface area contributed by atoms with Crippen LogP contribution in [0.3, 0.4) is 0 Å². The number of halogens is 3. The first-order valence-electron chi connectivity index (χ1n) is 4.65. The van der Waals surface area contributed by atoms with E-state index in [0.717, 1.165) is 18.4 Å². The molecule has 4 heteroatoms. The zero-order valence-electron chi connectivity index (χ0n) is 7.16. The first kappa shape index (κ1) is 11.2. The van der Waals surface area contributed by atoms with E-state index in [-0.39, 0.29) is 0 Å². The lowest BCUT2D eigenvalue weighted by atomic mass is 9.88. The van der Waals surface area contributed by atoms with Crippen LogP contribution in [0.4, 0.5) is 0 Å². The van der Waals surface area contributed by atoms with Gasteiger partial charge in [-0.05, 0) is 18.4 Å². The van der Waals surface area contributed by atoms with Gasteiger partial charge < -0.3 is 0 Å². The summed E-state index contributed by atoms with van der Waals surface area (Å²) in [6.45, 7) is 0. The van der Waals surface area contributed by atoms with Crippen molar-refractivity contribution in [1.82, 2.24) is 0 Å². The lowest BCUT2D eigenvalue weighted by molar-refractivity contribution is 0.349. The van der Waals surface area contributed by atoms with Crippen LogP contribution in [0.5, 0.6) is 0 Å². The summed E-state index contributed by atoms with van der Waals surface area (Å²) >= 11 is 17.5. The molecule has 0 N–H and O–H groups in total. The second-order valence-corrected chi connectivity index (χ2v) is 12.9. The van der Waals surface area contributed by atoms with Gasteiger partial charge in [0.1, 0.15) is 0 Å². The van der Waals surface area contributed by atoms with E-state index >= 15 is 0 Å². The van der Waals surface area contributed by atoms with Crippen molar-refractivity contribution in [3.63, 3.8) is 0 Å². The monoisotopic (exact) mass is 244 g/mol. The van der Waals surface area contributed by atoms with Crippen LogP contribution >= 0.6 is 33.2 Å². The van der Waals surface area contributed by atoms with Gasteiger partial charge in [-0.1, -0.05) is 32.1 Å². The molecule has 0 unspecified atom stereocenters. The molecular formula is C8H15Cl3Si. The second kappa shape index (κ2) is 5.09. The van der Waals surface area contributed by atoms with Gasteiger partial charge in [-0.2, -0.15) is 0 Å². The van der Waals surface area contributed by atoms with Gasteiger partial charge in [0.05, 0.1) is 0 Å². The van der Waals surface area contributed by atoms with E-state index in [0.29, 0.717) is 0 Å². The van der Waals surface area contributed by atoms with Crippen molar-refractivity contribution in [3.05, 3.63) is 0 Å². The predicted molar refractivity (Wildman–Crippen MR) is 59.3 cm³/mol. The smallest absolute Gasteiger partial charge is 0.126 e. The summed E-state index contributed by atoms with van der Waals surface area (Å²) in [6.07, 6.45) is 8.02. The van der Waals surface area contributed by atoms with Gasteiger partial charge in [0, 0.05) is 0 Å². The van der Waals surface area contributed by atoms with E-state index in [9.17, 15) is 0 Å². The molecule has 0 aromatic heterocycles. The first-order valence-corrected chi connectivity index (χ1v) is 9.89. The maximum absolute atomic E-state index is 5.82. The summed E-state index contributed by atoms with van der Waals surface area (Å²) in [7, 11) is 0. The highest BCUT2D eigenvalue weighted by Gasteiger charge is 2.26. The molecule has 0 amide bonds. The first-order chi connectivity index (χ1) is 5.58. The fourth-order valence-corrected chi connectivity index (χ4v) is 3.56. The molecule has 0 nitrogen and oxygen atoms in total. The van der Waals surface area contributed by atoms with E-state index in [2.05, 4.69) is 0 Å². The number of hydrogen-bond acceptors (Lipinski definition) is 0. The van der Waals surface area contributed by atoms with Crippen LogP contribution in [0.15, 0.2) is 0 Å². The Morgan fingerprint density at radius 2 is 1.58 bits per heavy atom. The molecule has 0 radical (unpaired) electrons. The summed E-state index contributed by atoms with van der Waals surface area (Å²) in [5.74, 6) is 0.849. The third-order valence-corrected chi connectivity index (χ3v) is 5.12. The summed E-state index contributed by atoms with van der Waals surface area (Å²) in [4.78, 5) is 0. The van der Waals surface area contributed by atoms with Crippen molar-refractivity contribution < 1.29 is 0 Å². The normalized spacial score (nSPS) is 21.2. The number of hydrogen-bond donors (Lipinski definition) is 0. The molecule has 0 aromatic carbocycles. The van der Waals surface area contributed by atoms with E-state index in [4.69, 9.17) is 33.2 Å². The van der Waals surface area contributed by atoms with Crippen LogP contribution in [0, 0.1) is 5.92 Å². The molecule has 0 aromatic rings. The molecule has 0 bridgehead atoms. The minimum Gasteiger partial charge on any atom is -0.126 e. The summed E-state index contributed by atoms with van der Waals surface area (Å²) in [6, 6.07) is -1.47.